The summed E-state index contributed by atoms with van der Waals surface area (Å²) in [5.41, 5.74) is 5.68. The number of hydrogen-bond donors (Lipinski definition) is 6. The first kappa shape index (κ1) is 51.4. The van der Waals surface area contributed by atoms with Crippen LogP contribution in [0.4, 0.5) is 11.5 Å². The zero-order valence-electron chi connectivity index (χ0n) is 42.8. The number of rotatable bonds is 9. The minimum absolute atomic E-state index is 0.0284. The first-order valence-electron chi connectivity index (χ1n) is 25.4. The van der Waals surface area contributed by atoms with Crippen LogP contribution in [0, 0.1) is 11.3 Å². The lowest BCUT2D eigenvalue weighted by Gasteiger charge is -2.63. The molecule has 1 spiro atoms. The Bertz CT molecular complexity index is 3010. The van der Waals surface area contributed by atoms with Gasteiger partial charge in [-0.25, -0.2) is 9.59 Å². The summed E-state index contributed by atoms with van der Waals surface area (Å²) < 4.78 is 30.1. The number of aliphatic hydroxyl groups is 4. The number of nitrogens with two attached hydrogens (primary N) is 1. The fraction of sp³-hybridized carbons (Fsp3) is 0.537. The smallest absolute Gasteiger partial charge is 0.351 e. The van der Waals surface area contributed by atoms with E-state index in [4.69, 9.17) is 34.5 Å². The van der Waals surface area contributed by atoms with Crippen molar-refractivity contribution in [1.29, 1.82) is 0 Å². The van der Waals surface area contributed by atoms with Crippen molar-refractivity contribution in [2.45, 2.75) is 112 Å². The van der Waals surface area contributed by atoms with E-state index in [1.807, 2.05) is 37.1 Å². The molecule has 0 unspecified atom stereocenters. The molecule has 8 heterocycles. The van der Waals surface area contributed by atoms with Crippen molar-refractivity contribution in [2.75, 3.05) is 71.8 Å². The molecule has 20 nitrogen and oxygen atoms in total. The molecule has 3 fully saturated rings. The van der Waals surface area contributed by atoms with Crippen LogP contribution in [0.5, 0.6) is 5.75 Å². The van der Waals surface area contributed by atoms with Crippen LogP contribution in [0.3, 0.4) is 0 Å². The second-order valence-electron chi connectivity index (χ2n) is 21.0. The molecule has 13 atom stereocenters. The highest BCUT2D eigenvalue weighted by Gasteiger charge is 2.80. The van der Waals surface area contributed by atoms with Crippen molar-refractivity contribution < 1.29 is 58.5 Å². The highest BCUT2D eigenvalue weighted by molar-refractivity contribution is 5.95. The molecule has 1 saturated carbocycles. The van der Waals surface area contributed by atoms with Gasteiger partial charge in [0, 0.05) is 97.1 Å². The number of carbonyl (C=O) groups is 3. The third kappa shape index (κ3) is 7.30. The molecule has 7 aliphatic rings. The number of aromatic amines is 1. The molecule has 2 bridgehead atoms. The fourth-order valence-corrected chi connectivity index (χ4v) is 14.6. The lowest BCUT2D eigenvalue weighted by Crippen LogP contribution is -2.81. The lowest BCUT2D eigenvalue weighted by molar-refractivity contribution is -0.228. The van der Waals surface area contributed by atoms with Gasteiger partial charge in [-0.15, -0.1) is 0 Å². The molecule has 4 aromatic rings. The van der Waals surface area contributed by atoms with E-state index in [1.54, 1.807) is 7.11 Å². The van der Waals surface area contributed by atoms with E-state index in [0.717, 1.165) is 57.5 Å². The molecular weight excluding hydrogens is 955 g/mol. The Labute approximate surface area is 428 Å². The van der Waals surface area contributed by atoms with Gasteiger partial charge >= 0.3 is 23.6 Å². The number of H-pyrrole nitrogens is 1. The van der Waals surface area contributed by atoms with E-state index in [9.17, 15) is 29.7 Å². The summed E-state index contributed by atoms with van der Waals surface area (Å²) in [6.45, 7) is 8.74. The van der Waals surface area contributed by atoms with Gasteiger partial charge in [0.1, 0.15) is 35.3 Å². The number of para-hydroxylation sites is 1. The van der Waals surface area contributed by atoms with Crippen LogP contribution in [0.1, 0.15) is 75.1 Å². The van der Waals surface area contributed by atoms with E-state index in [-0.39, 0.29) is 23.7 Å². The van der Waals surface area contributed by atoms with Gasteiger partial charge in [-0.1, -0.05) is 55.8 Å². The van der Waals surface area contributed by atoms with E-state index in [2.05, 4.69) is 63.1 Å². The molecule has 6 aliphatic heterocycles. The maximum absolute atomic E-state index is 15.2. The Morgan fingerprint density at radius 3 is 2.42 bits per heavy atom. The number of esters is 3. The highest BCUT2D eigenvalue weighted by Crippen LogP contribution is 2.68. The Morgan fingerprint density at radius 2 is 1.76 bits per heavy atom. The summed E-state index contributed by atoms with van der Waals surface area (Å²) in [7, 11) is 6.22. The molecule has 7 N–H and O–H groups in total. The number of aliphatic hydroxyl groups excluding tert-OH is 3. The summed E-state index contributed by atoms with van der Waals surface area (Å²) in [6.07, 6.45) is 4.41. The van der Waals surface area contributed by atoms with E-state index >= 15 is 4.79 Å². The molecule has 74 heavy (non-hydrogen) atoms. The van der Waals surface area contributed by atoms with Crippen molar-refractivity contribution in [3.8, 4) is 5.75 Å². The predicted molar refractivity (Wildman–Crippen MR) is 270 cm³/mol. The van der Waals surface area contributed by atoms with Crippen molar-refractivity contribution in [1.82, 2.24) is 24.3 Å². The Balaban J connectivity index is 0.000000312. The maximum atomic E-state index is 15.2. The largest absolute Gasteiger partial charge is 0.496 e. The molecule has 2 saturated heterocycles. The van der Waals surface area contributed by atoms with Gasteiger partial charge in [-0.2, -0.15) is 4.98 Å². The summed E-state index contributed by atoms with van der Waals surface area (Å²) in [4.78, 5) is 68.1. The molecule has 2 aromatic heterocycles. The van der Waals surface area contributed by atoms with Gasteiger partial charge in [0.2, 0.25) is 5.60 Å². The number of aromatic nitrogens is 3. The van der Waals surface area contributed by atoms with Gasteiger partial charge in [-0.05, 0) is 67.5 Å². The third-order valence-electron chi connectivity index (χ3n) is 17.4. The van der Waals surface area contributed by atoms with Crippen LogP contribution >= 0.6 is 0 Å². The fourth-order valence-electron chi connectivity index (χ4n) is 14.6. The topological polar surface area (TPSA) is 265 Å². The number of nitrogens with zero attached hydrogens (tertiary/aromatic N) is 5. The molecule has 2 aromatic carbocycles. The number of nitrogens with one attached hydrogen (secondary N) is 1. The monoisotopic (exact) mass is 1020 g/mol. The van der Waals surface area contributed by atoms with Gasteiger partial charge in [-0.3, -0.25) is 24.0 Å². The van der Waals surface area contributed by atoms with Crippen molar-refractivity contribution in [3.63, 3.8) is 0 Å². The average molecular weight is 1020 g/mol. The summed E-state index contributed by atoms with van der Waals surface area (Å²) in [5, 5.41) is 42.5. The zero-order chi connectivity index (χ0) is 52.8. The number of fused-ring (bicyclic) bond motifs is 6. The SMILES string of the molecule is CCC1=C[C@@H]2C[N@](C1)Cc1c([nH]c3ccccc13)[C@@](C(=O)OC)(c1cc3c(cc1OC)N(C)[C@H]1[C@@](O)(C(=O)OC)[C@H](OC(C)=O)[C@]4(CC)C=CCN5CC[C@]31[C@@H]54)C2.Nc1ccn([C@@H]2O[C@H](CO)[C@@H](O)[C@@H]2O)c(=O)n1. The first-order chi connectivity index (χ1) is 35.4. The number of hydrogen-bond acceptors (Lipinski definition) is 18. The highest BCUT2D eigenvalue weighted by atomic mass is 16.6. The van der Waals surface area contributed by atoms with Crippen LogP contribution < -0.4 is 21.1 Å². The second kappa shape index (κ2) is 18.9. The number of likely N-dealkylation sites (N-methyl/N-ethyl adjacent to an activating group) is 1. The minimum atomic E-state index is -2.27. The molecule has 1 aliphatic carbocycles. The van der Waals surface area contributed by atoms with E-state index < -0.39 is 82.8 Å². The van der Waals surface area contributed by atoms with E-state index in [1.165, 1.54) is 39.0 Å². The molecule has 11 rings (SSSR count). The maximum Gasteiger partial charge on any atom is 0.351 e. The van der Waals surface area contributed by atoms with Crippen molar-refractivity contribution >= 4 is 40.3 Å². The van der Waals surface area contributed by atoms with Crippen LogP contribution in [0.25, 0.3) is 10.9 Å². The Kier molecular flexibility index (Phi) is 13.1. The van der Waals surface area contributed by atoms with Crippen LogP contribution in [0.2, 0.25) is 0 Å². The number of carbonyl (C=O) groups excluding carboxylic acids is 3. The number of nitrogen functional groups attached to an aromatic ring is 1. The van der Waals surface area contributed by atoms with Crippen LogP contribution in [0.15, 0.2) is 77.3 Å². The van der Waals surface area contributed by atoms with Crippen molar-refractivity contribution in [3.05, 3.63) is 105 Å². The average Bonchev–Trinajstić information content (AvgIpc) is 4.15. The molecule has 0 amide bonds. The number of anilines is 2. The second-order valence-corrected chi connectivity index (χ2v) is 21.0. The zero-order valence-corrected chi connectivity index (χ0v) is 42.8. The quantitative estimate of drug-likeness (QED) is 0.0797. The van der Waals surface area contributed by atoms with Gasteiger partial charge in [0.25, 0.3) is 0 Å². The van der Waals surface area contributed by atoms with Crippen LogP contribution in [-0.4, -0.2) is 166 Å². The molecule has 396 valence electrons. The predicted octanol–water partition coefficient (Wildman–Crippen LogP) is 2.19. The lowest BCUT2D eigenvalue weighted by atomic mass is 9.47. The normalized spacial score (nSPS) is 34.4. The first-order valence-corrected chi connectivity index (χ1v) is 25.4. The Morgan fingerprint density at radius 1 is 1.00 bits per heavy atom. The number of methoxy groups -OCH3 is 3. The summed E-state index contributed by atoms with van der Waals surface area (Å²) >= 11 is 0. The van der Waals surface area contributed by atoms with Gasteiger partial charge in [0.05, 0.1) is 34.0 Å². The number of ether oxygens (including phenoxy) is 5. The van der Waals surface area contributed by atoms with Gasteiger partial charge < -0.3 is 59.7 Å². The standard InChI is InChI=1S/C45H54N4O8.C9H13N3O5/c1-8-27-19-28-22-44(40(51)55-6,36-30(25-48(23-27)24-28)29-13-10-11-14-33(29)46-36)32-20-31-34(21-35(32)54-5)47(4)38-43(31)16-18-49-17-12-15-42(9-2,37(43)49)39(57-26(3)50)45(38,53)41(52)56-7;10-5-1-2-12(9(16)11-5)8-7(15)6(14)4(3-13)17-8/h10-15,19-21,28,37-39,46,53H,8-9,16-18,22-25H2,1-7H3;1-2,4,6-8,13-15H,3H2,(H2,10,11,16)/t28-,37-,38+,39+,42+,43+,44-,45-;4-,6-,7+,8-/m01/s1. The minimum Gasteiger partial charge on any atom is -0.496 e. The summed E-state index contributed by atoms with van der Waals surface area (Å²) in [5.74, 6) is -1.26. The van der Waals surface area contributed by atoms with Crippen molar-refractivity contribution in [2.24, 2.45) is 11.3 Å². The molecule has 20 heteroatoms. The third-order valence-corrected chi connectivity index (χ3v) is 17.4. The molecule has 0 radical (unpaired) electrons. The number of benzene rings is 2. The summed E-state index contributed by atoms with van der Waals surface area (Å²) in [6, 6.07) is 12.5. The van der Waals surface area contributed by atoms with E-state index in [0.29, 0.717) is 50.2 Å². The molecular formula is C54H67N7O13. The van der Waals surface area contributed by atoms with Gasteiger partial charge in [0.15, 0.2) is 12.3 Å². The Hall–Kier alpha value is -6.13. The van der Waals surface area contributed by atoms with Crippen LogP contribution in [-0.2, 0) is 50.7 Å².